The highest BCUT2D eigenvalue weighted by Crippen LogP contribution is 2.32. The number of fused-ring (bicyclic) bond motifs is 1. The first-order valence-electron chi connectivity index (χ1n) is 11.0. The Morgan fingerprint density at radius 2 is 1.81 bits per heavy atom. The second-order valence-electron chi connectivity index (χ2n) is 8.12. The minimum Gasteiger partial charge on any atom is -0.436 e. The van der Waals surface area contributed by atoms with Crippen LogP contribution in [-0.2, 0) is 6.54 Å². The summed E-state index contributed by atoms with van der Waals surface area (Å²) in [6.45, 7) is 6.84. The Kier molecular flexibility index (Phi) is 5.71. The molecule has 162 valence electrons. The molecule has 2 heterocycles. The van der Waals surface area contributed by atoms with Gasteiger partial charge in [0.05, 0.1) is 11.3 Å². The predicted molar refractivity (Wildman–Crippen MR) is 127 cm³/mol. The zero-order chi connectivity index (χ0) is 21.9. The molecule has 0 radical (unpaired) electrons. The number of aryl methyl sites for hydroxylation is 1. The molecule has 1 aliphatic heterocycles. The zero-order valence-corrected chi connectivity index (χ0v) is 18.1. The molecule has 0 spiro atoms. The molecule has 1 aromatic heterocycles. The maximum Gasteiger partial charge on any atom is 0.255 e. The number of nitrogens with one attached hydrogen (secondary N) is 2. The minimum atomic E-state index is -0.147. The maximum atomic E-state index is 12.9. The molecule has 4 aromatic rings. The summed E-state index contributed by atoms with van der Waals surface area (Å²) in [6.07, 6.45) is 0. The van der Waals surface area contributed by atoms with E-state index in [0.29, 0.717) is 17.1 Å². The number of amides is 1. The molecule has 6 heteroatoms. The lowest BCUT2D eigenvalue weighted by Gasteiger charge is -2.27. The van der Waals surface area contributed by atoms with Gasteiger partial charge in [-0.1, -0.05) is 42.5 Å². The molecule has 0 saturated carbocycles. The van der Waals surface area contributed by atoms with Gasteiger partial charge in [0.15, 0.2) is 5.58 Å². The second-order valence-corrected chi connectivity index (χ2v) is 8.12. The van der Waals surface area contributed by atoms with Crippen molar-refractivity contribution in [1.82, 2.24) is 15.2 Å². The zero-order valence-electron chi connectivity index (χ0n) is 18.1. The van der Waals surface area contributed by atoms with E-state index in [1.54, 1.807) is 0 Å². The average molecular weight is 427 g/mol. The average Bonchev–Trinajstić information content (AvgIpc) is 3.26. The number of oxazole rings is 1. The van der Waals surface area contributed by atoms with Crippen LogP contribution in [0.2, 0.25) is 0 Å². The Morgan fingerprint density at radius 1 is 1.03 bits per heavy atom. The van der Waals surface area contributed by atoms with Crippen LogP contribution in [0, 0.1) is 6.92 Å². The molecule has 32 heavy (non-hydrogen) atoms. The highest BCUT2D eigenvalue weighted by atomic mass is 16.3. The van der Waals surface area contributed by atoms with Gasteiger partial charge < -0.3 is 15.1 Å². The van der Waals surface area contributed by atoms with Crippen molar-refractivity contribution in [3.63, 3.8) is 0 Å². The summed E-state index contributed by atoms with van der Waals surface area (Å²) in [4.78, 5) is 20.2. The third kappa shape index (κ3) is 4.15. The highest BCUT2D eigenvalue weighted by molar-refractivity contribution is 6.07. The fourth-order valence-corrected chi connectivity index (χ4v) is 4.15. The molecule has 0 bridgehead atoms. The highest BCUT2D eigenvalue weighted by Gasteiger charge is 2.18. The van der Waals surface area contributed by atoms with E-state index in [2.05, 4.69) is 21.6 Å². The van der Waals surface area contributed by atoms with Gasteiger partial charge in [0.1, 0.15) is 5.52 Å². The van der Waals surface area contributed by atoms with Crippen LogP contribution in [-0.4, -0.2) is 42.0 Å². The van der Waals surface area contributed by atoms with Gasteiger partial charge in [-0.25, -0.2) is 4.98 Å². The first kappa shape index (κ1) is 20.4. The third-order valence-corrected chi connectivity index (χ3v) is 5.90. The van der Waals surface area contributed by atoms with Crippen LogP contribution in [0.3, 0.4) is 0 Å². The number of rotatable bonds is 5. The Labute approximate surface area is 187 Å². The van der Waals surface area contributed by atoms with E-state index >= 15 is 0 Å². The second kappa shape index (κ2) is 8.94. The molecular formula is C26H26N4O2. The van der Waals surface area contributed by atoms with Crippen LogP contribution in [0.25, 0.3) is 22.6 Å². The minimum absolute atomic E-state index is 0.147. The number of aromatic nitrogens is 1. The van der Waals surface area contributed by atoms with E-state index in [9.17, 15) is 4.79 Å². The number of anilines is 1. The van der Waals surface area contributed by atoms with Gasteiger partial charge in [-0.15, -0.1) is 0 Å². The van der Waals surface area contributed by atoms with Crippen molar-refractivity contribution < 1.29 is 9.21 Å². The topological polar surface area (TPSA) is 70.4 Å². The van der Waals surface area contributed by atoms with E-state index in [1.165, 1.54) is 0 Å². The van der Waals surface area contributed by atoms with Crippen LogP contribution in [0.15, 0.2) is 71.1 Å². The molecule has 0 unspecified atom stereocenters. The predicted octanol–water partition coefficient (Wildman–Crippen LogP) is 4.46. The van der Waals surface area contributed by atoms with Gasteiger partial charge in [-0.05, 0) is 42.3 Å². The molecule has 0 aliphatic carbocycles. The summed E-state index contributed by atoms with van der Waals surface area (Å²) in [5.74, 6) is 0.361. The fourth-order valence-electron chi connectivity index (χ4n) is 4.15. The summed E-state index contributed by atoms with van der Waals surface area (Å²) in [5.41, 5.74) is 5.81. The van der Waals surface area contributed by atoms with Gasteiger partial charge in [0, 0.05) is 38.3 Å². The first-order valence-corrected chi connectivity index (χ1v) is 11.0. The van der Waals surface area contributed by atoms with Gasteiger partial charge in [0.2, 0.25) is 5.89 Å². The molecule has 1 saturated heterocycles. The van der Waals surface area contributed by atoms with Crippen molar-refractivity contribution in [2.75, 3.05) is 31.5 Å². The van der Waals surface area contributed by atoms with Crippen LogP contribution < -0.4 is 10.6 Å². The van der Waals surface area contributed by atoms with E-state index in [0.717, 1.165) is 60.5 Å². The maximum absolute atomic E-state index is 12.9. The van der Waals surface area contributed by atoms with Crippen molar-refractivity contribution in [3.8, 4) is 11.5 Å². The van der Waals surface area contributed by atoms with Crippen LogP contribution in [0.5, 0.6) is 0 Å². The summed E-state index contributed by atoms with van der Waals surface area (Å²) in [5, 5.41) is 6.43. The lowest BCUT2D eigenvalue weighted by molar-refractivity contribution is 0.102. The van der Waals surface area contributed by atoms with Crippen LogP contribution in [0.1, 0.15) is 21.5 Å². The number of para-hydroxylation sites is 2. The SMILES string of the molecule is Cc1ccccc1C(=O)Nc1ccccc1-c1nc2c(CN3CCNCC3)cccc2o1. The number of hydrogen-bond acceptors (Lipinski definition) is 5. The van der Waals surface area contributed by atoms with E-state index in [1.807, 2.05) is 67.6 Å². The summed E-state index contributed by atoms with van der Waals surface area (Å²) < 4.78 is 6.14. The monoisotopic (exact) mass is 426 g/mol. The van der Waals surface area contributed by atoms with Gasteiger partial charge in [-0.2, -0.15) is 0 Å². The molecule has 1 fully saturated rings. The lowest BCUT2D eigenvalue weighted by Crippen LogP contribution is -2.42. The van der Waals surface area contributed by atoms with Crippen LogP contribution >= 0.6 is 0 Å². The van der Waals surface area contributed by atoms with Crippen molar-refractivity contribution in [3.05, 3.63) is 83.4 Å². The Balaban J connectivity index is 1.46. The Morgan fingerprint density at radius 3 is 2.66 bits per heavy atom. The molecule has 6 nitrogen and oxygen atoms in total. The van der Waals surface area contributed by atoms with E-state index < -0.39 is 0 Å². The largest absolute Gasteiger partial charge is 0.436 e. The number of carbonyl (C=O) groups excluding carboxylic acids is 1. The molecule has 3 aromatic carbocycles. The summed E-state index contributed by atoms with van der Waals surface area (Å²) in [6, 6.07) is 21.3. The number of benzene rings is 3. The van der Waals surface area contributed by atoms with Crippen LogP contribution in [0.4, 0.5) is 5.69 Å². The molecule has 5 rings (SSSR count). The summed E-state index contributed by atoms with van der Waals surface area (Å²) in [7, 11) is 0. The van der Waals surface area contributed by atoms with Gasteiger partial charge in [-0.3, -0.25) is 9.69 Å². The van der Waals surface area contributed by atoms with Gasteiger partial charge in [0.25, 0.3) is 5.91 Å². The Hall–Kier alpha value is -3.48. The summed E-state index contributed by atoms with van der Waals surface area (Å²) >= 11 is 0. The molecule has 1 amide bonds. The first-order chi connectivity index (χ1) is 15.7. The molecular weight excluding hydrogens is 400 g/mol. The number of piperazine rings is 1. The molecule has 1 aliphatic rings. The third-order valence-electron chi connectivity index (χ3n) is 5.90. The Bertz CT molecular complexity index is 1260. The quantitative estimate of drug-likeness (QED) is 0.493. The van der Waals surface area contributed by atoms with E-state index in [-0.39, 0.29) is 5.91 Å². The van der Waals surface area contributed by atoms with Crippen molar-refractivity contribution in [1.29, 1.82) is 0 Å². The lowest BCUT2D eigenvalue weighted by atomic mass is 10.1. The van der Waals surface area contributed by atoms with Crippen molar-refractivity contribution in [2.24, 2.45) is 0 Å². The number of nitrogens with zero attached hydrogens (tertiary/aromatic N) is 2. The van der Waals surface area contributed by atoms with E-state index in [4.69, 9.17) is 9.40 Å². The van der Waals surface area contributed by atoms with Crippen molar-refractivity contribution >= 4 is 22.7 Å². The van der Waals surface area contributed by atoms with Crippen molar-refractivity contribution in [2.45, 2.75) is 13.5 Å². The molecule has 0 atom stereocenters. The fraction of sp³-hybridized carbons (Fsp3) is 0.231. The number of hydrogen-bond donors (Lipinski definition) is 2. The standard InChI is InChI=1S/C26H26N4O2/c1-18-7-2-3-9-20(18)25(31)28-22-11-5-4-10-21(22)26-29-24-19(8-6-12-23(24)32-26)17-30-15-13-27-14-16-30/h2-12,27H,13-17H2,1H3,(H,28,31). The smallest absolute Gasteiger partial charge is 0.255 e. The number of carbonyl (C=O) groups is 1. The van der Waals surface area contributed by atoms with Gasteiger partial charge >= 0.3 is 0 Å². The molecule has 2 N–H and O–H groups in total. The normalized spacial score (nSPS) is 14.5.